The zero-order chi connectivity index (χ0) is 47.8. The Labute approximate surface area is 419 Å². The maximum absolute atomic E-state index is 5.73. The van der Waals surface area contributed by atoms with Gasteiger partial charge in [-0.3, -0.25) is 0 Å². The standard InChI is InChI=1S/C68H46N4/c1-6-18-47(19-7-1)49-30-34-51(35-31-49)59-43-44-60(52-36-32-50(33-37-52)48-20-8-2-9-21-48)68-67(59)69-65(53-22-10-3-11-23-53)66(70-68)54-38-40-57(41-39-54)71(55-24-12-4-13-25-55)58-42-45-64-62(46-58)61-28-16-17-29-63(61)72(64)56-26-14-5-15-27-56/h1-46H. The highest BCUT2D eigenvalue weighted by Crippen LogP contribution is 2.43. The molecule has 0 aliphatic carbocycles. The quantitative estimate of drug-likeness (QED) is 0.137. The molecule has 0 fully saturated rings. The van der Waals surface area contributed by atoms with Gasteiger partial charge in [0.15, 0.2) is 0 Å². The lowest BCUT2D eigenvalue weighted by molar-refractivity contribution is 1.18. The van der Waals surface area contributed by atoms with Gasteiger partial charge in [-0.2, -0.15) is 0 Å². The molecule has 72 heavy (non-hydrogen) atoms. The minimum absolute atomic E-state index is 0.820. The topological polar surface area (TPSA) is 34.0 Å². The molecule has 11 aromatic carbocycles. The van der Waals surface area contributed by atoms with Gasteiger partial charge >= 0.3 is 0 Å². The van der Waals surface area contributed by atoms with Crippen molar-refractivity contribution in [2.75, 3.05) is 4.90 Å². The van der Waals surface area contributed by atoms with E-state index in [2.05, 4.69) is 289 Å². The fourth-order valence-electron chi connectivity index (χ4n) is 10.3. The molecule has 13 rings (SSSR count). The highest BCUT2D eigenvalue weighted by molar-refractivity contribution is 6.11. The molecule has 0 bridgehead atoms. The molecule has 0 atom stereocenters. The van der Waals surface area contributed by atoms with E-state index in [1.165, 1.54) is 38.5 Å². The number of aromatic nitrogens is 3. The van der Waals surface area contributed by atoms with E-state index in [1.54, 1.807) is 0 Å². The lowest BCUT2D eigenvalue weighted by Crippen LogP contribution is -2.09. The van der Waals surface area contributed by atoms with Crippen LogP contribution in [0.5, 0.6) is 0 Å². The van der Waals surface area contributed by atoms with Crippen LogP contribution < -0.4 is 4.90 Å². The molecule has 0 amide bonds. The summed E-state index contributed by atoms with van der Waals surface area (Å²) in [5.41, 5.74) is 20.9. The van der Waals surface area contributed by atoms with Gasteiger partial charge in [-0.15, -0.1) is 0 Å². The molecule has 0 radical (unpaired) electrons. The normalized spacial score (nSPS) is 11.3. The van der Waals surface area contributed by atoms with Crippen LogP contribution in [0.25, 0.3) is 106 Å². The van der Waals surface area contributed by atoms with Gasteiger partial charge in [-0.25, -0.2) is 9.97 Å². The number of anilines is 3. The number of hydrogen-bond acceptors (Lipinski definition) is 3. The molecule has 0 unspecified atom stereocenters. The molecular weight excluding hydrogens is 873 g/mol. The third kappa shape index (κ3) is 7.78. The summed E-state index contributed by atoms with van der Waals surface area (Å²) in [6, 6.07) is 99.2. The van der Waals surface area contributed by atoms with E-state index in [1.807, 2.05) is 0 Å². The molecule has 13 aromatic rings. The first-order valence-electron chi connectivity index (χ1n) is 24.5. The largest absolute Gasteiger partial charge is 0.310 e. The van der Waals surface area contributed by atoms with Crippen molar-refractivity contribution in [3.8, 4) is 72.7 Å². The fourth-order valence-corrected chi connectivity index (χ4v) is 10.3. The van der Waals surface area contributed by atoms with Crippen LogP contribution in [0, 0.1) is 0 Å². The summed E-state index contributed by atoms with van der Waals surface area (Å²) < 4.78 is 2.36. The van der Waals surface area contributed by atoms with Gasteiger partial charge in [0.25, 0.3) is 0 Å². The third-order valence-electron chi connectivity index (χ3n) is 13.8. The first-order valence-corrected chi connectivity index (χ1v) is 24.5. The second-order valence-electron chi connectivity index (χ2n) is 18.1. The average molecular weight is 919 g/mol. The molecule has 0 saturated carbocycles. The number of fused-ring (bicyclic) bond motifs is 4. The lowest BCUT2D eigenvalue weighted by Gasteiger charge is -2.26. The van der Waals surface area contributed by atoms with Crippen LogP contribution in [0.15, 0.2) is 279 Å². The van der Waals surface area contributed by atoms with E-state index >= 15 is 0 Å². The Bertz CT molecular complexity index is 4020. The van der Waals surface area contributed by atoms with Crippen molar-refractivity contribution in [3.63, 3.8) is 0 Å². The molecular formula is C68H46N4. The molecule has 2 aromatic heterocycles. The van der Waals surface area contributed by atoms with E-state index < -0.39 is 0 Å². The molecule has 0 saturated heterocycles. The van der Waals surface area contributed by atoms with Crippen LogP contribution in [-0.2, 0) is 0 Å². The molecule has 0 N–H and O–H groups in total. The zero-order valence-electron chi connectivity index (χ0n) is 39.3. The Balaban J connectivity index is 0.968. The third-order valence-corrected chi connectivity index (χ3v) is 13.8. The Hall–Kier alpha value is -9.64. The van der Waals surface area contributed by atoms with Crippen molar-refractivity contribution in [1.82, 2.24) is 14.5 Å². The van der Waals surface area contributed by atoms with E-state index in [4.69, 9.17) is 9.97 Å². The molecule has 338 valence electrons. The van der Waals surface area contributed by atoms with Crippen molar-refractivity contribution in [3.05, 3.63) is 279 Å². The maximum atomic E-state index is 5.73. The summed E-state index contributed by atoms with van der Waals surface area (Å²) in [5, 5.41) is 2.41. The minimum atomic E-state index is 0.820. The predicted molar refractivity (Wildman–Crippen MR) is 301 cm³/mol. The Kier molecular flexibility index (Phi) is 10.8. The van der Waals surface area contributed by atoms with Crippen molar-refractivity contribution in [1.29, 1.82) is 0 Å². The van der Waals surface area contributed by atoms with Gasteiger partial charge in [0.1, 0.15) is 0 Å². The van der Waals surface area contributed by atoms with Gasteiger partial charge in [-0.05, 0) is 94.0 Å². The van der Waals surface area contributed by atoms with Crippen LogP contribution in [0.3, 0.4) is 0 Å². The van der Waals surface area contributed by atoms with Gasteiger partial charge < -0.3 is 9.47 Å². The SMILES string of the molecule is c1ccc(-c2ccc(-c3ccc(-c4ccc(-c5ccccc5)cc4)c4nc(-c5ccc(N(c6ccccc6)c6ccc7c(c6)c6ccccc6n7-c6ccccc6)cc5)c(-c5ccccc5)nc34)cc2)cc1. The molecule has 4 nitrogen and oxygen atoms in total. The number of para-hydroxylation sites is 3. The van der Waals surface area contributed by atoms with Gasteiger partial charge in [0, 0.05) is 55.8 Å². The fraction of sp³-hybridized carbons (Fsp3) is 0. The lowest BCUT2D eigenvalue weighted by atomic mass is 9.94. The van der Waals surface area contributed by atoms with Crippen LogP contribution in [0.2, 0.25) is 0 Å². The number of hydrogen-bond donors (Lipinski definition) is 0. The van der Waals surface area contributed by atoms with Gasteiger partial charge in [0.2, 0.25) is 0 Å². The smallest absolute Gasteiger partial charge is 0.0979 e. The van der Waals surface area contributed by atoms with E-state index in [-0.39, 0.29) is 0 Å². The van der Waals surface area contributed by atoms with E-state index in [0.717, 1.165) is 84.1 Å². The van der Waals surface area contributed by atoms with Gasteiger partial charge in [0.05, 0.1) is 33.5 Å². The molecule has 4 heteroatoms. The second kappa shape index (κ2) is 18.4. The first kappa shape index (κ1) is 42.5. The second-order valence-corrected chi connectivity index (χ2v) is 18.1. The minimum Gasteiger partial charge on any atom is -0.310 e. The average Bonchev–Trinajstić information content (AvgIpc) is 3.80. The molecule has 0 aliphatic heterocycles. The highest BCUT2D eigenvalue weighted by Gasteiger charge is 2.22. The van der Waals surface area contributed by atoms with Crippen LogP contribution in [0.1, 0.15) is 0 Å². The van der Waals surface area contributed by atoms with Gasteiger partial charge in [-0.1, -0.05) is 218 Å². The number of benzene rings is 11. The summed E-state index contributed by atoms with van der Waals surface area (Å²) in [7, 11) is 0. The Morgan fingerprint density at radius 3 is 1.18 bits per heavy atom. The number of nitrogens with zero attached hydrogens (tertiary/aromatic N) is 4. The van der Waals surface area contributed by atoms with Crippen LogP contribution >= 0.6 is 0 Å². The summed E-state index contributed by atoms with van der Waals surface area (Å²) in [5.74, 6) is 0. The monoisotopic (exact) mass is 918 g/mol. The number of rotatable bonds is 10. The van der Waals surface area contributed by atoms with Crippen molar-refractivity contribution >= 4 is 49.9 Å². The molecule has 0 spiro atoms. The summed E-state index contributed by atoms with van der Waals surface area (Å²) >= 11 is 0. The molecule has 2 heterocycles. The maximum Gasteiger partial charge on any atom is 0.0979 e. The molecule has 0 aliphatic rings. The highest BCUT2D eigenvalue weighted by atomic mass is 15.1. The van der Waals surface area contributed by atoms with E-state index in [9.17, 15) is 0 Å². The summed E-state index contributed by atoms with van der Waals surface area (Å²) in [6.45, 7) is 0. The summed E-state index contributed by atoms with van der Waals surface area (Å²) in [4.78, 5) is 13.8. The summed E-state index contributed by atoms with van der Waals surface area (Å²) in [6.07, 6.45) is 0. The zero-order valence-corrected chi connectivity index (χ0v) is 39.3. The first-order chi connectivity index (χ1) is 35.7. The van der Waals surface area contributed by atoms with Crippen molar-refractivity contribution < 1.29 is 0 Å². The van der Waals surface area contributed by atoms with Crippen molar-refractivity contribution in [2.45, 2.75) is 0 Å². The van der Waals surface area contributed by atoms with Crippen LogP contribution in [0.4, 0.5) is 17.1 Å². The van der Waals surface area contributed by atoms with E-state index in [0.29, 0.717) is 0 Å². The van der Waals surface area contributed by atoms with Crippen molar-refractivity contribution in [2.24, 2.45) is 0 Å². The Morgan fingerprint density at radius 2 is 0.639 bits per heavy atom. The predicted octanol–water partition coefficient (Wildman–Crippen LogP) is 18.2. The van der Waals surface area contributed by atoms with Crippen LogP contribution in [-0.4, -0.2) is 14.5 Å². The Morgan fingerprint density at radius 1 is 0.264 bits per heavy atom.